The topological polar surface area (TPSA) is 68.5 Å². The lowest BCUT2D eigenvalue weighted by atomic mass is 9.62. The molecule has 0 radical (unpaired) electrons. The maximum Gasteiger partial charge on any atom is 0.287 e. The van der Waals surface area contributed by atoms with Crippen LogP contribution in [0.25, 0.3) is 0 Å². The summed E-state index contributed by atoms with van der Waals surface area (Å²) < 4.78 is 11.1. The summed E-state index contributed by atoms with van der Waals surface area (Å²) in [7, 11) is 1.64. The van der Waals surface area contributed by atoms with Gasteiger partial charge in [0.1, 0.15) is 5.75 Å². The Labute approximate surface area is 219 Å². The van der Waals surface area contributed by atoms with Crippen LogP contribution in [0.3, 0.4) is 0 Å². The van der Waals surface area contributed by atoms with Crippen molar-refractivity contribution in [1.82, 2.24) is 5.32 Å². The quantitative estimate of drug-likeness (QED) is 0.353. The maximum absolute atomic E-state index is 13.5. The van der Waals surface area contributed by atoms with Crippen molar-refractivity contribution in [3.63, 3.8) is 0 Å². The van der Waals surface area contributed by atoms with Crippen molar-refractivity contribution >= 4 is 11.7 Å². The lowest BCUT2D eigenvalue weighted by Crippen LogP contribution is -2.34. The number of fused-ring (bicyclic) bond motifs is 1. The Bertz CT molecular complexity index is 1340. The van der Waals surface area contributed by atoms with Crippen LogP contribution < -0.4 is 10.1 Å². The van der Waals surface area contributed by atoms with E-state index in [4.69, 9.17) is 9.15 Å². The van der Waals surface area contributed by atoms with Gasteiger partial charge in [0, 0.05) is 5.56 Å². The molecule has 1 heterocycles. The second-order valence-electron chi connectivity index (χ2n) is 12.0. The highest BCUT2D eigenvalue weighted by molar-refractivity contribution is 6.09. The first kappa shape index (κ1) is 25.3. The second kappa shape index (κ2) is 9.20. The van der Waals surface area contributed by atoms with Crippen molar-refractivity contribution in [3.05, 3.63) is 87.9 Å². The number of ether oxygens (including phenoxy) is 1. The van der Waals surface area contributed by atoms with Crippen LogP contribution in [0.5, 0.6) is 5.75 Å². The van der Waals surface area contributed by atoms with E-state index in [0.717, 1.165) is 42.6 Å². The average Bonchev–Trinajstić information content (AvgIpc) is 3.59. The molecule has 0 saturated heterocycles. The van der Waals surface area contributed by atoms with Crippen LogP contribution in [-0.4, -0.2) is 18.8 Å². The molecule has 37 heavy (non-hydrogen) atoms. The molecule has 1 amide bonds. The second-order valence-corrected chi connectivity index (χ2v) is 12.0. The molecular weight excluding hydrogens is 462 g/mol. The zero-order valence-electron chi connectivity index (χ0n) is 22.7. The normalized spacial score (nSPS) is 18.5. The SMILES string of the molecule is COc1ccc(C(NC(=O)c2ccc(C(=O)c3cc4c(cc3C)C(C)(C)CCC4(C)C)o2)C2CC2)cc1. The lowest BCUT2D eigenvalue weighted by Gasteiger charge is -2.42. The van der Waals surface area contributed by atoms with E-state index in [0.29, 0.717) is 11.5 Å². The molecule has 1 atom stereocenters. The van der Waals surface area contributed by atoms with Crippen molar-refractivity contribution in [3.8, 4) is 5.75 Å². The highest BCUT2D eigenvalue weighted by Gasteiger charge is 2.38. The minimum absolute atomic E-state index is 0.00106. The van der Waals surface area contributed by atoms with Gasteiger partial charge in [0.05, 0.1) is 13.2 Å². The first-order valence-electron chi connectivity index (χ1n) is 13.2. The molecule has 194 valence electrons. The van der Waals surface area contributed by atoms with Gasteiger partial charge < -0.3 is 14.5 Å². The van der Waals surface area contributed by atoms with Gasteiger partial charge in [0.25, 0.3) is 5.91 Å². The number of hydrogen-bond acceptors (Lipinski definition) is 4. The Hall–Kier alpha value is -3.34. The van der Waals surface area contributed by atoms with Gasteiger partial charge >= 0.3 is 0 Å². The molecule has 5 nitrogen and oxygen atoms in total. The van der Waals surface area contributed by atoms with E-state index >= 15 is 0 Å². The fraction of sp³-hybridized carbons (Fsp3) is 0.438. The number of carbonyl (C=O) groups is 2. The number of ketones is 1. The van der Waals surface area contributed by atoms with Crippen LogP contribution in [0.4, 0.5) is 0 Å². The number of furan rings is 1. The first-order valence-corrected chi connectivity index (χ1v) is 13.2. The number of methoxy groups -OCH3 is 1. The molecule has 5 heteroatoms. The molecule has 0 bridgehead atoms. The summed E-state index contributed by atoms with van der Waals surface area (Å²) in [5.74, 6) is 1.03. The Kier molecular flexibility index (Phi) is 6.29. The molecular formula is C32H37NO4. The summed E-state index contributed by atoms with van der Waals surface area (Å²) in [6.07, 6.45) is 4.34. The number of aryl methyl sites for hydroxylation is 1. The van der Waals surface area contributed by atoms with Crippen LogP contribution in [0.1, 0.15) is 108 Å². The van der Waals surface area contributed by atoms with Crippen LogP contribution in [0.15, 0.2) is 52.9 Å². The van der Waals surface area contributed by atoms with Crippen LogP contribution >= 0.6 is 0 Å². The number of carbonyl (C=O) groups excluding carboxylic acids is 2. The molecule has 5 rings (SSSR count). The summed E-state index contributed by atoms with van der Waals surface area (Å²) >= 11 is 0. The standard InChI is InChI=1S/C32H37NO4/c1-19-17-24-25(32(4,5)16-15-31(24,2)3)18-23(19)29(34)26-13-14-27(37-26)30(35)33-28(20-7-8-20)21-9-11-22(36-6)12-10-21/h9-14,17-18,20,28H,7-8,15-16H2,1-6H3,(H,33,35). The van der Waals surface area contributed by atoms with E-state index in [1.807, 2.05) is 31.2 Å². The van der Waals surface area contributed by atoms with Crippen molar-refractivity contribution in [2.24, 2.45) is 5.92 Å². The number of nitrogens with one attached hydrogen (secondary N) is 1. The van der Waals surface area contributed by atoms with Crippen molar-refractivity contribution < 1.29 is 18.7 Å². The minimum Gasteiger partial charge on any atom is -0.497 e. The zero-order chi connectivity index (χ0) is 26.5. The molecule has 3 aromatic rings. The predicted octanol–water partition coefficient (Wildman–Crippen LogP) is 7.06. The van der Waals surface area contributed by atoms with Gasteiger partial charge in [0.2, 0.25) is 5.78 Å². The third kappa shape index (κ3) is 4.84. The fourth-order valence-electron chi connectivity index (χ4n) is 5.61. The Morgan fingerprint density at radius 2 is 1.51 bits per heavy atom. The molecule has 1 aromatic heterocycles. The summed E-state index contributed by atoms with van der Waals surface area (Å²) in [5, 5.41) is 3.13. The molecule has 0 spiro atoms. The Morgan fingerprint density at radius 3 is 2.11 bits per heavy atom. The Balaban J connectivity index is 1.38. The van der Waals surface area contributed by atoms with Gasteiger partial charge in [0.15, 0.2) is 11.5 Å². The van der Waals surface area contributed by atoms with Crippen molar-refractivity contribution in [1.29, 1.82) is 0 Å². The minimum atomic E-state index is -0.309. The predicted molar refractivity (Wildman–Crippen MR) is 145 cm³/mol. The molecule has 1 saturated carbocycles. The number of amides is 1. The smallest absolute Gasteiger partial charge is 0.287 e. The molecule has 1 unspecified atom stereocenters. The first-order chi connectivity index (χ1) is 17.5. The maximum atomic E-state index is 13.5. The molecule has 1 N–H and O–H groups in total. The average molecular weight is 500 g/mol. The van der Waals surface area contributed by atoms with Gasteiger partial charge in [-0.05, 0) is 102 Å². The fourth-order valence-corrected chi connectivity index (χ4v) is 5.61. The van der Waals surface area contributed by atoms with Gasteiger partial charge in [-0.15, -0.1) is 0 Å². The third-order valence-electron chi connectivity index (χ3n) is 8.35. The van der Waals surface area contributed by atoms with Crippen molar-refractivity contribution in [2.75, 3.05) is 7.11 Å². The van der Waals surface area contributed by atoms with Gasteiger partial charge in [-0.25, -0.2) is 0 Å². The van der Waals surface area contributed by atoms with Crippen LogP contribution in [0.2, 0.25) is 0 Å². The Morgan fingerprint density at radius 1 is 0.919 bits per heavy atom. The molecule has 0 aliphatic heterocycles. The van der Waals surface area contributed by atoms with E-state index in [-0.39, 0.29) is 40.1 Å². The largest absolute Gasteiger partial charge is 0.497 e. The summed E-state index contributed by atoms with van der Waals surface area (Å²) in [6, 6.07) is 15.1. The third-order valence-corrected chi connectivity index (χ3v) is 8.35. The van der Waals surface area contributed by atoms with E-state index in [2.05, 4.69) is 45.1 Å². The highest BCUT2D eigenvalue weighted by Crippen LogP contribution is 2.47. The summed E-state index contributed by atoms with van der Waals surface area (Å²) in [4.78, 5) is 26.7. The molecule has 2 aliphatic carbocycles. The van der Waals surface area contributed by atoms with Gasteiger partial charge in [-0.1, -0.05) is 45.9 Å². The molecule has 2 aromatic carbocycles. The van der Waals surface area contributed by atoms with E-state index in [1.54, 1.807) is 19.2 Å². The summed E-state index contributed by atoms with van der Waals surface area (Å²) in [5.41, 5.74) is 5.24. The zero-order valence-corrected chi connectivity index (χ0v) is 22.7. The molecule has 1 fully saturated rings. The van der Waals surface area contributed by atoms with Gasteiger partial charge in [-0.2, -0.15) is 0 Å². The van der Waals surface area contributed by atoms with Gasteiger partial charge in [-0.3, -0.25) is 9.59 Å². The van der Waals surface area contributed by atoms with E-state index in [1.165, 1.54) is 11.1 Å². The lowest BCUT2D eigenvalue weighted by molar-refractivity contribution is 0.0898. The highest BCUT2D eigenvalue weighted by atomic mass is 16.5. The van der Waals surface area contributed by atoms with E-state index < -0.39 is 0 Å². The van der Waals surface area contributed by atoms with Crippen molar-refractivity contribution in [2.45, 2.75) is 77.2 Å². The van der Waals surface area contributed by atoms with Crippen LogP contribution in [-0.2, 0) is 10.8 Å². The molecule has 2 aliphatic rings. The number of hydrogen-bond donors (Lipinski definition) is 1. The number of rotatable bonds is 7. The monoisotopic (exact) mass is 499 g/mol. The number of benzene rings is 2. The van der Waals surface area contributed by atoms with Crippen LogP contribution in [0, 0.1) is 12.8 Å². The van der Waals surface area contributed by atoms with E-state index in [9.17, 15) is 9.59 Å². The summed E-state index contributed by atoms with van der Waals surface area (Å²) in [6.45, 7) is 11.0.